The van der Waals surface area contributed by atoms with Gasteiger partial charge in [0.15, 0.2) is 0 Å². The first-order valence-corrected chi connectivity index (χ1v) is 8.56. The van der Waals surface area contributed by atoms with Gasteiger partial charge in [0, 0.05) is 22.8 Å². The molecule has 0 atom stereocenters. The minimum Gasteiger partial charge on any atom is -0.478 e. The van der Waals surface area contributed by atoms with Crippen LogP contribution in [-0.4, -0.2) is 17.5 Å². The molecule has 23 heavy (non-hydrogen) atoms. The Kier molecular flexibility index (Phi) is 4.66. The van der Waals surface area contributed by atoms with Crippen LogP contribution in [0.15, 0.2) is 47.1 Å². The van der Waals surface area contributed by atoms with E-state index >= 15 is 0 Å². The van der Waals surface area contributed by atoms with Crippen molar-refractivity contribution in [3.05, 3.63) is 58.2 Å². The minimum atomic E-state index is -0.366. The van der Waals surface area contributed by atoms with E-state index in [2.05, 4.69) is 26.2 Å². The number of amides is 1. The molecule has 120 valence electrons. The van der Waals surface area contributed by atoms with Gasteiger partial charge in [-0.1, -0.05) is 34.1 Å². The third-order valence-corrected chi connectivity index (χ3v) is 4.68. The van der Waals surface area contributed by atoms with Gasteiger partial charge in [0.2, 0.25) is 11.8 Å². The summed E-state index contributed by atoms with van der Waals surface area (Å²) >= 11 is 3.43. The van der Waals surface area contributed by atoms with Gasteiger partial charge in [-0.05, 0) is 43.5 Å². The van der Waals surface area contributed by atoms with Crippen LogP contribution < -0.4 is 10.1 Å². The number of hydrogen-bond acceptors (Lipinski definition) is 3. The fourth-order valence-electron chi connectivity index (χ4n) is 2.71. The number of ether oxygens (including phenoxy) is 1. The largest absolute Gasteiger partial charge is 0.478 e. The van der Waals surface area contributed by atoms with Crippen LogP contribution in [-0.2, 0) is 16.8 Å². The van der Waals surface area contributed by atoms with Crippen LogP contribution >= 0.6 is 15.9 Å². The molecule has 0 spiro atoms. The van der Waals surface area contributed by atoms with Gasteiger partial charge in [-0.25, -0.2) is 4.98 Å². The molecule has 0 unspecified atom stereocenters. The van der Waals surface area contributed by atoms with Crippen molar-refractivity contribution in [3.8, 4) is 5.88 Å². The van der Waals surface area contributed by atoms with Crippen LogP contribution in [0.4, 0.5) is 0 Å². The monoisotopic (exact) mass is 374 g/mol. The third kappa shape index (κ3) is 3.39. The Bertz CT molecular complexity index is 696. The molecular weight excluding hydrogens is 356 g/mol. The van der Waals surface area contributed by atoms with E-state index in [1.807, 2.05) is 43.3 Å². The highest BCUT2D eigenvalue weighted by Crippen LogP contribution is 2.48. The van der Waals surface area contributed by atoms with Crippen LogP contribution in [0.5, 0.6) is 5.88 Å². The molecule has 5 heteroatoms. The van der Waals surface area contributed by atoms with E-state index in [0.717, 1.165) is 28.4 Å². The second-order valence-electron chi connectivity index (χ2n) is 5.67. The molecule has 2 aromatic rings. The van der Waals surface area contributed by atoms with E-state index < -0.39 is 0 Å². The lowest BCUT2D eigenvalue weighted by molar-refractivity contribution is -0.123. The number of carbonyl (C=O) groups excluding carboxylic acids is 1. The van der Waals surface area contributed by atoms with E-state index in [1.54, 1.807) is 6.20 Å². The quantitative estimate of drug-likeness (QED) is 0.840. The van der Waals surface area contributed by atoms with Gasteiger partial charge in [0.05, 0.1) is 12.0 Å². The standard InChI is InChI=1S/C18H19BrN2O2/c1-2-23-16-13(4-3-11-20-16)12-21-17(22)18(9-10-18)14-5-7-15(19)8-6-14/h3-8,11H,2,9-10,12H2,1H3,(H,21,22). The van der Waals surface area contributed by atoms with Crippen molar-refractivity contribution in [2.75, 3.05) is 6.61 Å². The highest BCUT2D eigenvalue weighted by atomic mass is 79.9. The van der Waals surface area contributed by atoms with Gasteiger partial charge < -0.3 is 10.1 Å². The molecule has 4 nitrogen and oxygen atoms in total. The molecule has 1 N–H and O–H groups in total. The lowest BCUT2D eigenvalue weighted by Gasteiger charge is -2.16. The van der Waals surface area contributed by atoms with E-state index in [1.165, 1.54) is 0 Å². The Balaban J connectivity index is 1.69. The number of carbonyl (C=O) groups is 1. The van der Waals surface area contributed by atoms with Gasteiger partial charge in [0.1, 0.15) is 0 Å². The van der Waals surface area contributed by atoms with Crippen molar-refractivity contribution in [3.63, 3.8) is 0 Å². The molecule has 1 aliphatic rings. The van der Waals surface area contributed by atoms with Crippen molar-refractivity contribution in [1.82, 2.24) is 10.3 Å². The first-order chi connectivity index (χ1) is 11.2. The molecule has 0 aliphatic heterocycles. The summed E-state index contributed by atoms with van der Waals surface area (Å²) in [4.78, 5) is 16.9. The van der Waals surface area contributed by atoms with Crippen molar-refractivity contribution in [2.45, 2.75) is 31.7 Å². The zero-order valence-corrected chi connectivity index (χ0v) is 14.6. The zero-order valence-electron chi connectivity index (χ0n) is 13.0. The smallest absolute Gasteiger partial charge is 0.230 e. The molecule has 1 aliphatic carbocycles. The molecule has 1 aromatic heterocycles. The van der Waals surface area contributed by atoms with Crippen LogP contribution in [0, 0.1) is 0 Å². The Hall–Kier alpha value is -1.88. The number of aromatic nitrogens is 1. The molecule has 1 saturated carbocycles. The highest BCUT2D eigenvalue weighted by molar-refractivity contribution is 9.10. The molecule has 1 fully saturated rings. The number of pyridine rings is 1. The van der Waals surface area contributed by atoms with E-state index in [-0.39, 0.29) is 11.3 Å². The minimum absolute atomic E-state index is 0.0751. The van der Waals surface area contributed by atoms with Gasteiger partial charge in [-0.2, -0.15) is 0 Å². The van der Waals surface area contributed by atoms with Crippen LogP contribution in [0.25, 0.3) is 0 Å². The third-order valence-electron chi connectivity index (χ3n) is 4.15. The molecule has 1 amide bonds. The van der Waals surface area contributed by atoms with Crippen molar-refractivity contribution in [2.24, 2.45) is 0 Å². The molecule has 0 bridgehead atoms. The normalized spacial score (nSPS) is 15.0. The lowest BCUT2D eigenvalue weighted by Crippen LogP contribution is -2.34. The number of benzene rings is 1. The maximum atomic E-state index is 12.7. The molecule has 0 radical (unpaired) electrons. The summed E-state index contributed by atoms with van der Waals surface area (Å²) in [5, 5.41) is 3.04. The maximum absolute atomic E-state index is 12.7. The van der Waals surface area contributed by atoms with Crippen molar-refractivity contribution >= 4 is 21.8 Å². The van der Waals surface area contributed by atoms with Gasteiger partial charge in [-0.15, -0.1) is 0 Å². The molecule has 3 rings (SSSR count). The number of halogens is 1. The maximum Gasteiger partial charge on any atom is 0.230 e. The van der Waals surface area contributed by atoms with E-state index in [9.17, 15) is 4.79 Å². The topological polar surface area (TPSA) is 51.2 Å². The number of nitrogens with zero attached hydrogens (tertiary/aromatic N) is 1. The van der Waals surface area contributed by atoms with Gasteiger partial charge in [0.25, 0.3) is 0 Å². The summed E-state index contributed by atoms with van der Waals surface area (Å²) < 4.78 is 6.52. The average Bonchev–Trinajstić information content (AvgIpc) is 3.36. The predicted molar refractivity (Wildman–Crippen MR) is 92.3 cm³/mol. The fourth-order valence-corrected chi connectivity index (χ4v) is 2.98. The number of hydrogen-bond donors (Lipinski definition) is 1. The van der Waals surface area contributed by atoms with Crippen LogP contribution in [0.2, 0.25) is 0 Å². The van der Waals surface area contributed by atoms with Crippen molar-refractivity contribution < 1.29 is 9.53 Å². The molecular formula is C18H19BrN2O2. The predicted octanol–water partition coefficient (Wildman–Crippen LogP) is 3.59. The Labute approximate surface area is 144 Å². The first kappa shape index (κ1) is 16.0. The van der Waals surface area contributed by atoms with Crippen LogP contribution in [0.1, 0.15) is 30.9 Å². The first-order valence-electron chi connectivity index (χ1n) is 7.77. The lowest BCUT2D eigenvalue weighted by atomic mass is 9.95. The summed E-state index contributed by atoms with van der Waals surface area (Å²) in [5.41, 5.74) is 1.61. The summed E-state index contributed by atoms with van der Waals surface area (Å²) in [6.07, 6.45) is 3.48. The summed E-state index contributed by atoms with van der Waals surface area (Å²) in [6.45, 7) is 2.91. The number of rotatable bonds is 6. The van der Waals surface area contributed by atoms with E-state index in [4.69, 9.17) is 4.74 Å². The van der Waals surface area contributed by atoms with E-state index in [0.29, 0.717) is 19.0 Å². The molecule has 0 saturated heterocycles. The SMILES string of the molecule is CCOc1ncccc1CNC(=O)C1(c2ccc(Br)cc2)CC1. The molecule has 1 heterocycles. The molecule has 1 aromatic carbocycles. The number of nitrogens with one attached hydrogen (secondary N) is 1. The Morgan fingerprint density at radius 1 is 1.30 bits per heavy atom. The fraction of sp³-hybridized carbons (Fsp3) is 0.333. The van der Waals surface area contributed by atoms with Crippen molar-refractivity contribution in [1.29, 1.82) is 0 Å². The summed E-state index contributed by atoms with van der Waals surface area (Å²) in [7, 11) is 0. The Morgan fingerprint density at radius 2 is 2.04 bits per heavy atom. The summed E-state index contributed by atoms with van der Waals surface area (Å²) in [5.74, 6) is 0.662. The average molecular weight is 375 g/mol. The second kappa shape index (κ2) is 6.71. The highest BCUT2D eigenvalue weighted by Gasteiger charge is 2.51. The zero-order chi connectivity index (χ0) is 16.3. The summed E-state index contributed by atoms with van der Waals surface area (Å²) in [6, 6.07) is 11.8. The Morgan fingerprint density at radius 3 is 2.70 bits per heavy atom. The second-order valence-corrected chi connectivity index (χ2v) is 6.59. The van der Waals surface area contributed by atoms with Gasteiger partial charge >= 0.3 is 0 Å². The van der Waals surface area contributed by atoms with Gasteiger partial charge in [-0.3, -0.25) is 4.79 Å². The van der Waals surface area contributed by atoms with Crippen LogP contribution in [0.3, 0.4) is 0 Å².